The maximum atomic E-state index is 6.43. The summed E-state index contributed by atoms with van der Waals surface area (Å²) in [5.74, 6) is 0.991. The van der Waals surface area contributed by atoms with Crippen LogP contribution in [0.2, 0.25) is 0 Å². The van der Waals surface area contributed by atoms with Crippen molar-refractivity contribution in [2.75, 3.05) is 6.61 Å². The molecule has 0 aliphatic heterocycles. The van der Waals surface area contributed by atoms with Gasteiger partial charge in [-0.05, 0) is 56.4 Å². The molecule has 4 rings (SSSR count). The number of aryl methyl sites for hydroxylation is 3. The zero-order valence-electron chi connectivity index (χ0n) is 22.9. The van der Waals surface area contributed by atoms with E-state index in [4.69, 9.17) is 4.74 Å². The Balaban J connectivity index is 1.32. The number of aromatic nitrogens is 3. The lowest BCUT2D eigenvalue weighted by atomic mass is 10.1. The van der Waals surface area contributed by atoms with Crippen molar-refractivity contribution < 1.29 is 4.74 Å². The number of hydrogen-bond acceptors (Lipinski definition) is 7. The standard InChI is InChI=1S/C30H41N3OS3/c1-5-6-7-8-9-10-11-12-13-14-15-16-17-34-25-19-26(36-30(25)28-21(2)18-22(3)35-28)24-20-31-23(4)29-27(24)32-33-37-29/h18-20H,5-17H2,1-4H3. The van der Waals surface area contributed by atoms with Crippen LogP contribution in [0.4, 0.5) is 0 Å². The van der Waals surface area contributed by atoms with Crippen LogP contribution < -0.4 is 4.74 Å². The lowest BCUT2D eigenvalue weighted by Gasteiger charge is -2.07. The van der Waals surface area contributed by atoms with Gasteiger partial charge in [0.1, 0.15) is 11.3 Å². The third-order valence-electron chi connectivity index (χ3n) is 6.93. The summed E-state index contributed by atoms with van der Waals surface area (Å²) in [6.45, 7) is 9.45. The smallest absolute Gasteiger partial charge is 0.139 e. The summed E-state index contributed by atoms with van der Waals surface area (Å²) in [5.41, 5.74) is 4.29. The van der Waals surface area contributed by atoms with E-state index in [-0.39, 0.29) is 0 Å². The van der Waals surface area contributed by atoms with Gasteiger partial charge in [-0.1, -0.05) is 82.0 Å². The number of ether oxygens (including phenoxy) is 1. The van der Waals surface area contributed by atoms with Crippen molar-refractivity contribution in [3.05, 3.63) is 34.5 Å². The van der Waals surface area contributed by atoms with Gasteiger partial charge >= 0.3 is 0 Å². The van der Waals surface area contributed by atoms with Crippen LogP contribution >= 0.6 is 34.2 Å². The average Bonchev–Trinajstić information content (AvgIpc) is 3.61. The first kappa shape index (κ1) is 28.2. The first-order valence-electron chi connectivity index (χ1n) is 14.0. The second-order valence-electron chi connectivity index (χ2n) is 10.1. The molecule has 7 heteroatoms. The Hall–Kier alpha value is -1.83. The number of pyridine rings is 1. The molecule has 0 saturated heterocycles. The van der Waals surface area contributed by atoms with Crippen LogP contribution in [0.1, 0.15) is 100 Å². The number of unbranched alkanes of at least 4 members (excludes halogenated alkanes) is 11. The van der Waals surface area contributed by atoms with Crippen molar-refractivity contribution >= 4 is 44.4 Å². The molecule has 4 aromatic rings. The van der Waals surface area contributed by atoms with E-state index in [9.17, 15) is 0 Å². The van der Waals surface area contributed by atoms with Crippen molar-refractivity contribution in [1.29, 1.82) is 0 Å². The molecule has 4 aromatic heterocycles. The maximum Gasteiger partial charge on any atom is 0.139 e. The Morgan fingerprint density at radius 1 is 0.784 bits per heavy atom. The second-order valence-corrected chi connectivity index (χ2v) is 13.2. The van der Waals surface area contributed by atoms with E-state index < -0.39 is 0 Å². The number of hydrogen-bond donors (Lipinski definition) is 0. The zero-order valence-corrected chi connectivity index (χ0v) is 25.3. The van der Waals surface area contributed by atoms with Gasteiger partial charge in [0.15, 0.2) is 0 Å². The minimum absolute atomic E-state index is 0.768. The van der Waals surface area contributed by atoms with Crippen LogP contribution in [0.25, 0.3) is 30.4 Å². The van der Waals surface area contributed by atoms with Gasteiger partial charge in [-0.2, -0.15) is 0 Å². The minimum atomic E-state index is 0.768. The Morgan fingerprint density at radius 2 is 1.46 bits per heavy atom. The molecule has 0 unspecified atom stereocenters. The van der Waals surface area contributed by atoms with E-state index in [2.05, 4.69) is 47.5 Å². The van der Waals surface area contributed by atoms with Gasteiger partial charge in [-0.15, -0.1) is 27.8 Å². The first-order valence-corrected chi connectivity index (χ1v) is 16.4. The van der Waals surface area contributed by atoms with E-state index >= 15 is 0 Å². The van der Waals surface area contributed by atoms with Crippen LogP contribution in [-0.2, 0) is 0 Å². The van der Waals surface area contributed by atoms with Crippen LogP contribution in [0.5, 0.6) is 5.75 Å². The molecule has 37 heavy (non-hydrogen) atoms. The lowest BCUT2D eigenvalue weighted by Crippen LogP contribution is -1.97. The van der Waals surface area contributed by atoms with Crippen molar-refractivity contribution in [1.82, 2.24) is 14.6 Å². The first-order chi connectivity index (χ1) is 18.1. The number of thiophene rings is 2. The maximum absolute atomic E-state index is 6.43. The van der Waals surface area contributed by atoms with Crippen molar-refractivity contribution in [3.8, 4) is 25.9 Å². The third-order valence-corrected chi connectivity index (χ3v) is 10.2. The van der Waals surface area contributed by atoms with Crippen LogP contribution in [0.3, 0.4) is 0 Å². The molecule has 0 aromatic carbocycles. The molecule has 0 saturated carbocycles. The summed E-state index contributed by atoms with van der Waals surface area (Å²) in [6.07, 6.45) is 18.2. The summed E-state index contributed by atoms with van der Waals surface area (Å²) >= 11 is 5.05. The normalized spacial score (nSPS) is 11.6. The molecule has 200 valence electrons. The van der Waals surface area contributed by atoms with Crippen molar-refractivity contribution in [2.24, 2.45) is 0 Å². The van der Waals surface area contributed by atoms with E-state index in [0.29, 0.717) is 0 Å². The molecular formula is C30H41N3OS3. The molecule has 0 bridgehead atoms. The van der Waals surface area contributed by atoms with Crippen LogP contribution in [0.15, 0.2) is 18.3 Å². The van der Waals surface area contributed by atoms with E-state index in [1.54, 1.807) is 11.3 Å². The Labute approximate surface area is 234 Å². The highest BCUT2D eigenvalue weighted by atomic mass is 32.1. The summed E-state index contributed by atoms with van der Waals surface area (Å²) in [7, 11) is 0. The quantitative estimate of drug-likeness (QED) is 0.129. The molecule has 0 fully saturated rings. The zero-order chi connectivity index (χ0) is 26.0. The summed E-state index contributed by atoms with van der Waals surface area (Å²) in [6, 6.07) is 4.46. The molecule has 0 atom stereocenters. The fraction of sp³-hybridized carbons (Fsp3) is 0.567. The highest BCUT2D eigenvalue weighted by Gasteiger charge is 2.20. The number of fused-ring (bicyclic) bond motifs is 1. The fourth-order valence-corrected chi connectivity index (χ4v) is 7.79. The van der Waals surface area contributed by atoms with Crippen LogP contribution in [-0.4, -0.2) is 21.2 Å². The molecule has 0 N–H and O–H groups in total. The van der Waals surface area contributed by atoms with Gasteiger partial charge in [0, 0.05) is 21.5 Å². The topological polar surface area (TPSA) is 47.9 Å². The van der Waals surface area contributed by atoms with Crippen molar-refractivity contribution in [2.45, 2.75) is 105 Å². The molecule has 0 aliphatic rings. The van der Waals surface area contributed by atoms with E-state index in [1.807, 2.05) is 24.5 Å². The highest BCUT2D eigenvalue weighted by Crippen LogP contribution is 2.47. The van der Waals surface area contributed by atoms with Gasteiger partial charge < -0.3 is 4.74 Å². The summed E-state index contributed by atoms with van der Waals surface area (Å²) in [4.78, 5) is 9.64. The van der Waals surface area contributed by atoms with Gasteiger partial charge in [-0.3, -0.25) is 4.98 Å². The Morgan fingerprint density at radius 3 is 2.11 bits per heavy atom. The fourth-order valence-electron chi connectivity index (χ4n) is 4.83. The van der Waals surface area contributed by atoms with E-state index in [0.717, 1.165) is 45.1 Å². The second kappa shape index (κ2) is 14.4. The largest absolute Gasteiger partial charge is 0.492 e. The molecule has 0 aliphatic carbocycles. The summed E-state index contributed by atoms with van der Waals surface area (Å²) in [5, 5.41) is 4.43. The van der Waals surface area contributed by atoms with Gasteiger partial charge in [-0.25, -0.2) is 0 Å². The molecule has 0 spiro atoms. The third kappa shape index (κ3) is 7.61. The van der Waals surface area contributed by atoms with Crippen LogP contribution in [0, 0.1) is 20.8 Å². The van der Waals surface area contributed by atoms with Gasteiger partial charge in [0.2, 0.25) is 0 Å². The molecular weight excluding hydrogens is 515 g/mol. The van der Waals surface area contributed by atoms with E-state index in [1.165, 1.54) is 102 Å². The SMILES string of the molecule is CCCCCCCCCCCCCCOc1cc(-c2cnc(C)c3snnc23)sc1-c1sc(C)cc1C. The average molecular weight is 556 g/mol. The van der Waals surface area contributed by atoms with Crippen molar-refractivity contribution in [3.63, 3.8) is 0 Å². The van der Waals surface area contributed by atoms with Gasteiger partial charge in [0.25, 0.3) is 0 Å². The predicted octanol–water partition coefficient (Wildman–Crippen LogP) is 10.5. The Kier molecular flexibility index (Phi) is 10.9. The Bertz CT molecular complexity index is 1260. The highest BCUT2D eigenvalue weighted by molar-refractivity contribution is 7.24. The predicted molar refractivity (Wildman–Crippen MR) is 163 cm³/mol. The number of rotatable bonds is 16. The monoisotopic (exact) mass is 555 g/mol. The molecule has 4 nitrogen and oxygen atoms in total. The molecule has 0 radical (unpaired) electrons. The molecule has 0 amide bonds. The molecule has 4 heterocycles. The summed E-state index contributed by atoms with van der Waals surface area (Å²) < 4.78 is 11.7. The number of nitrogens with zero attached hydrogens (tertiary/aromatic N) is 3. The van der Waals surface area contributed by atoms with Gasteiger partial charge in [0.05, 0.1) is 26.8 Å². The lowest BCUT2D eigenvalue weighted by molar-refractivity contribution is 0.306. The minimum Gasteiger partial charge on any atom is -0.492 e.